The average molecular weight is 501 g/mol. The predicted octanol–water partition coefficient (Wildman–Crippen LogP) is 3.35. The number of anilines is 2. The van der Waals surface area contributed by atoms with Gasteiger partial charge in [-0.2, -0.15) is 13.8 Å². The Kier molecular flexibility index (Phi) is 6.23. The van der Waals surface area contributed by atoms with Gasteiger partial charge in [0.2, 0.25) is 17.6 Å². The van der Waals surface area contributed by atoms with E-state index in [1.165, 1.54) is 17.7 Å². The second-order valence-electron chi connectivity index (χ2n) is 9.71. The Morgan fingerprint density at radius 3 is 2.50 bits per heavy atom. The summed E-state index contributed by atoms with van der Waals surface area (Å²) in [5, 5.41) is 8.22. The number of rotatable bonds is 7. The summed E-state index contributed by atoms with van der Waals surface area (Å²) in [6, 6.07) is 3.65. The molecule has 0 unspecified atom stereocenters. The summed E-state index contributed by atoms with van der Waals surface area (Å²) in [6.45, 7) is 9.77. The molecule has 5 rings (SSSR count). The van der Waals surface area contributed by atoms with Gasteiger partial charge in [-0.25, -0.2) is 14.6 Å². The van der Waals surface area contributed by atoms with Crippen molar-refractivity contribution < 1.29 is 18.3 Å². The van der Waals surface area contributed by atoms with Gasteiger partial charge >= 0.3 is 5.92 Å². The number of alkyl halides is 2. The van der Waals surface area contributed by atoms with Gasteiger partial charge in [0.25, 0.3) is 0 Å². The highest BCUT2D eigenvalue weighted by Crippen LogP contribution is 2.33. The lowest BCUT2D eigenvalue weighted by Crippen LogP contribution is -2.49. The molecule has 1 aliphatic carbocycles. The van der Waals surface area contributed by atoms with Gasteiger partial charge in [-0.05, 0) is 26.7 Å². The van der Waals surface area contributed by atoms with Crippen molar-refractivity contribution in [2.75, 3.05) is 36.4 Å². The molecular weight excluding hydrogens is 470 g/mol. The molecule has 0 aromatic carbocycles. The first-order chi connectivity index (χ1) is 17.1. The number of hydrogen-bond acceptors (Lipinski definition) is 8. The molecule has 1 N–H and O–H groups in total. The summed E-state index contributed by atoms with van der Waals surface area (Å²) < 4.78 is 35.9. The first-order valence-corrected chi connectivity index (χ1v) is 12.2. The lowest BCUT2D eigenvalue weighted by atomic mass is 10.2. The van der Waals surface area contributed by atoms with Crippen molar-refractivity contribution in [3.8, 4) is 11.7 Å². The highest BCUT2D eigenvalue weighted by atomic mass is 19.3. The van der Waals surface area contributed by atoms with Gasteiger partial charge in [-0.1, -0.05) is 0 Å². The van der Waals surface area contributed by atoms with Crippen molar-refractivity contribution in [2.45, 2.75) is 58.6 Å². The van der Waals surface area contributed by atoms with E-state index in [1.54, 1.807) is 12.3 Å². The second-order valence-corrected chi connectivity index (χ2v) is 9.71. The van der Waals surface area contributed by atoms with Crippen molar-refractivity contribution in [1.82, 2.24) is 29.6 Å². The maximum Gasteiger partial charge on any atom is 0.304 e. The van der Waals surface area contributed by atoms with Crippen molar-refractivity contribution >= 4 is 28.4 Å². The van der Waals surface area contributed by atoms with Crippen molar-refractivity contribution in [3.63, 3.8) is 0 Å². The third kappa shape index (κ3) is 5.08. The molecule has 36 heavy (non-hydrogen) atoms. The minimum Gasteiger partial charge on any atom is -0.474 e. The van der Waals surface area contributed by atoms with Crippen LogP contribution >= 0.6 is 0 Å². The summed E-state index contributed by atoms with van der Waals surface area (Å²) in [5.41, 5.74) is 0.580. The number of nitrogens with one attached hydrogen (secondary N) is 1. The number of halogens is 2. The standard InChI is InChI=1S/C24H30F2N8O2/c1-14(2)32-7-9-33(10-8-32)22-17-13-27-19(28-15(3)35)11-18(17)34(31-22)20-12-21(36-16-5-6-16)30-23(29-20)24(4,25)26/h11-14,16H,5-10H2,1-4H3,(H,27,28,35). The van der Waals surface area contributed by atoms with Crippen LogP contribution in [0, 0.1) is 0 Å². The summed E-state index contributed by atoms with van der Waals surface area (Å²) in [5.74, 6) is -2.91. The number of nitrogens with zero attached hydrogens (tertiary/aromatic N) is 7. The second kappa shape index (κ2) is 9.23. The summed E-state index contributed by atoms with van der Waals surface area (Å²) in [6.07, 6.45) is 3.34. The quantitative estimate of drug-likeness (QED) is 0.527. The lowest BCUT2D eigenvalue weighted by molar-refractivity contribution is -0.114. The molecule has 3 aromatic rings. The SMILES string of the molecule is CC(=O)Nc1cc2c(cn1)c(N1CCN(C(C)C)CC1)nn2-c1cc(OC2CC2)nc(C(C)(F)F)n1. The first-order valence-electron chi connectivity index (χ1n) is 12.2. The van der Waals surface area contributed by atoms with Crippen LogP contribution in [0.1, 0.15) is 46.4 Å². The smallest absolute Gasteiger partial charge is 0.304 e. The third-order valence-electron chi connectivity index (χ3n) is 6.30. The fraction of sp³-hybridized carbons (Fsp3) is 0.542. The number of piperazine rings is 1. The van der Waals surface area contributed by atoms with E-state index in [0.29, 0.717) is 23.2 Å². The maximum absolute atomic E-state index is 14.3. The zero-order valence-electron chi connectivity index (χ0n) is 20.8. The van der Waals surface area contributed by atoms with Crippen molar-refractivity contribution in [1.29, 1.82) is 0 Å². The van der Waals surface area contributed by atoms with E-state index in [1.807, 2.05) is 0 Å². The molecule has 1 aliphatic heterocycles. The number of fused-ring (bicyclic) bond motifs is 1. The van der Waals surface area contributed by atoms with Gasteiger partial charge < -0.3 is 15.0 Å². The normalized spacial score (nSPS) is 17.1. The highest BCUT2D eigenvalue weighted by Gasteiger charge is 2.32. The van der Waals surface area contributed by atoms with E-state index in [2.05, 4.69) is 43.9 Å². The van der Waals surface area contributed by atoms with Crippen LogP contribution in [0.15, 0.2) is 18.3 Å². The van der Waals surface area contributed by atoms with E-state index >= 15 is 0 Å². The fourth-order valence-corrected chi connectivity index (χ4v) is 4.24. The van der Waals surface area contributed by atoms with Crippen LogP contribution in [0.2, 0.25) is 0 Å². The fourth-order valence-electron chi connectivity index (χ4n) is 4.24. The van der Waals surface area contributed by atoms with E-state index in [4.69, 9.17) is 9.84 Å². The Balaban J connectivity index is 1.62. The van der Waals surface area contributed by atoms with Gasteiger partial charge in [0.15, 0.2) is 11.6 Å². The molecule has 0 spiro atoms. The Labute approximate surface area is 207 Å². The van der Waals surface area contributed by atoms with Crippen LogP contribution in [0.5, 0.6) is 5.88 Å². The maximum atomic E-state index is 14.3. The van der Waals surface area contributed by atoms with Crippen LogP contribution in [-0.4, -0.2) is 73.9 Å². The molecule has 1 saturated heterocycles. The third-order valence-corrected chi connectivity index (χ3v) is 6.30. The average Bonchev–Trinajstić information content (AvgIpc) is 3.55. The van der Waals surface area contributed by atoms with Crippen molar-refractivity contribution in [3.05, 3.63) is 24.2 Å². The Morgan fingerprint density at radius 2 is 1.89 bits per heavy atom. The molecule has 0 radical (unpaired) electrons. The molecule has 1 saturated carbocycles. The molecular formula is C24H30F2N8O2. The van der Waals surface area contributed by atoms with Gasteiger partial charge in [0.1, 0.15) is 11.9 Å². The number of amides is 1. The molecule has 2 aliphatic rings. The van der Waals surface area contributed by atoms with E-state index in [0.717, 1.165) is 51.3 Å². The predicted molar refractivity (Wildman–Crippen MR) is 131 cm³/mol. The zero-order chi connectivity index (χ0) is 25.6. The molecule has 2 fully saturated rings. The monoisotopic (exact) mass is 500 g/mol. The van der Waals surface area contributed by atoms with Gasteiger partial charge in [0, 0.05) is 64.4 Å². The Morgan fingerprint density at radius 1 is 1.17 bits per heavy atom. The van der Waals surface area contributed by atoms with E-state index in [9.17, 15) is 13.6 Å². The number of hydrogen-bond donors (Lipinski definition) is 1. The van der Waals surface area contributed by atoms with Crippen LogP contribution in [0.4, 0.5) is 20.4 Å². The topological polar surface area (TPSA) is 101 Å². The molecule has 3 aromatic heterocycles. The molecule has 10 nitrogen and oxygen atoms in total. The minimum absolute atomic E-state index is 0.0242. The van der Waals surface area contributed by atoms with Crippen LogP contribution in [-0.2, 0) is 10.7 Å². The zero-order valence-corrected chi connectivity index (χ0v) is 20.8. The molecule has 0 bridgehead atoms. The van der Waals surface area contributed by atoms with Gasteiger partial charge in [-0.15, -0.1) is 5.10 Å². The number of carbonyl (C=O) groups is 1. The highest BCUT2D eigenvalue weighted by molar-refractivity contribution is 5.95. The Hall–Kier alpha value is -3.41. The Bertz CT molecular complexity index is 1280. The van der Waals surface area contributed by atoms with Crippen LogP contribution < -0.4 is 15.0 Å². The van der Waals surface area contributed by atoms with Gasteiger partial charge in [-0.3, -0.25) is 9.69 Å². The summed E-state index contributed by atoms with van der Waals surface area (Å²) >= 11 is 0. The van der Waals surface area contributed by atoms with E-state index < -0.39 is 11.7 Å². The number of aromatic nitrogens is 5. The lowest BCUT2D eigenvalue weighted by Gasteiger charge is -2.37. The van der Waals surface area contributed by atoms with Crippen LogP contribution in [0.3, 0.4) is 0 Å². The van der Waals surface area contributed by atoms with Crippen LogP contribution in [0.25, 0.3) is 16.7 Å². The molecule has 12 heteroatoms. The summed E-state index contributed by atoms with van der Waals surface area (Å²) in [4.78, 5) is 28.7. The molecule has 1 amide bonds. The largest absolute Gasteiger partial charge is 0.474 e. The molecule has 4 heterocycles. The number of carbonyl (C=O) groups excluding carboxylic acids is 1. The number of pyridine rings is 1. The van der Waals surface area contributed by atoms with Crippen molar-refractivity contribution in [2.24, 2.45) is 0 Å². The molecule has 192 valence electrons. The van der Waals surface area contributed by atoms with Gasteiger partial charge in [0.05, 0.1) is 10.9 Å². The van der Waals surface area contributed by atoms with E-state index in [-0.39, 0.29) is 23.7 Å². The molecule has 0 atom stereocenters. The first kappa shape index (κ1) is 24.3. The minimum atomic E-state index is -3.26. The summed E-state index contributed by atoms with van der Waals surface area (Å²) in [7, 11) is 0. The number of ether oxygens (including phenoxy) is 1.